The molecular weight excluding hydrogens is 385 g/mol. The third-order valence-electron chi connectivity index (χ3n) is 3.90. The van der Waals surface area contributed by atoms with E-state index in [1.807, 2.05) is 0 Å². The van der Waals surface area contributed by atoms with Gasteiger partial charge in [-0.2, -0.15) is 13.2 Å². The van der Waals surface area contributed by atoms with Crippen LogP contribution < -0.4 is 5.32 Å². The van der Waals surface area contributed by atoms with Gasteiger partial charge >= 0.3 is 12.1 Å². The van der Waals surface area contributed by atoms with Crippen molar-refractivity contribution in [3.63, 3.8) is 0 Å². The molecule has 5 nitrogen and oxygen atoms in total. The number of pyridine rings is 1. The van der Waals surface area contributed by atoms with Crippen LogP contribution in [0.5, 0.6) is 0 Å². The average Bonchev–Trinajstić information content (AvgIpc) is 2.72. The second-order valence-electron chi connectivity index (χ2n) is 5.98. The van der Waals surface area contributed by atoms with Crippen LogP contribution >= 0.6 is 0 Å². The Morgan fingerprint density at radius 2 is 1.66 bits per heavy atom. The Morgan fingerprint density at radius 3 is 2.31 bits per heavy atom. The zero-order valence-electron chi connectivity index (χ0n) is 14.9. The highest BCUT2D eigenvalue weighted by atomic mass is 19.4. The van der Waals surface area contributed by atoms with E-state index in [4.69, 9.17) is 4.74 Å². The number of aromatic nitrogens is 1. The summed E-state index contributed by atoms with van der Waals surface area (Å²) in [5.74, 6) is -1.63. The first kappa shape index (κ1) is 20.1. The molecule has 0 radical (unpaired) electrons. The number of benzene rings is 2. The van der Waals surface area contributed by atoms with E-state index in [-0.39, 0.29) is 11.4 Å². The lowest BCUT2D eigenvalue weighted by Crippen LogP contribution is -2.26. The first-order valence-corrected chi connectivity index (χ1v) is 8.49. The van der Waals surface area contributed by atoms with Crippen molar-refractivity contribution in [2.24, 2.45) is 0 Å². The van der Waals surface area contributed by atoms with Crippen LogP contribution in [-0.2, 0) is 15.7 Å². The van der Waals surface area contributed by atoms with Crippen molar-refractivity contribution in [2.45, 2.75) is 12.3 Å². The monoisotopic (exact) mass is 400 g/mol. The van der Waals surface area contributed by atoms with Crippen molar-refractivity contribution in [1.82, 2.24) is 4.98 Å². The summed E-state index contributed by atoms with van der Waals surface area (Å²) in [6.07, 6.45) is -4.53. The molecule has 0 unspecified atom stereocenters. The molecule has 148 valence electrons. The summed E-state index contributed by atoms with van der Waals surface area (Å²) in [5.41, 5.74) is -0.613. The Kier molecular flexibility index (Phi) is 5.92. The number of ether oxygens (including phenoxy) is 1. The van der Waals surface area contributed by atoms with Gasteiger partial charge in [-0.1, -0.05) is 42.5 Å². The van der Waals surface area contributed by atoms with Crippen LogP contribution in [0.3, 0.4) is 0 Å². The van der Waals surface area contributed by atoms with Gasteiger partial charge in [0.05, 0.1) is 5.56 Å². The molecule has 0 aliphatic rings. The fourth-order valence-electron chi connectivity index (χ4n) is 2.53. The molecule has 0 aliphatic heterocycles. The van der Waals surface area contributed by atoms with E-state index in [1.165, 1.54) is 24.4 Å². The summed E-state index contributed by atoms with van der Waals surface area (Å²) in [4.78, 5) is 29.0. The minimum atomic E-state index is -4.55. The van der Waals surface area contributed by atoms with Crippen molar-refractivity contribution in [2.75, 3.05) is 5.32 Å². The SMILES string of the molecule is O=C(O[C@H](C(=O)Nc1cccc(C(F)(F)F)c1)c1ccccc1)c1ccccn1. The molecule has 1 aromatic heterocycles. The Hall–Kier alpha value is -3.68. The van der Waals surface area contributed by atoms with Gasteiger partial charge in [0.25, 0.3) is 5.91 Å². The van der Waals surface area contributed by atoms with E-state index in [0.29, 0.717) is 5.56 Å². The quantitative estimate of drug-likeness (QED) is 0.634. The number of rotatable bonds is 5. The van der Waals surface area contributed by atoms with Crippen molar-refractivity contribution < 1.29 is 27.5 Å². The van der Waals surface area contributed by atoms with Crippen LogP contribution in [0, 0.1) is 0 Å². The van der Waals surface area contributed by atoms with Gasteiger partial charge in [-0.15, -0.1) is 0 Å². The topological polar surface area (TPSA) is 68.3 Å². The number of hydrogen-bond acceptors (Lipinski definition) is 4. The summed E-state index contributed by atoms with van der Waals surface area (Å²) >= 11 is 0. The van der Waals surface area contributed by atoms with Crippen LogP contribution in [0.4, 0.5) is 18.9 Å². The number of amides is 1. The van der Waals surface area contributed by atoms with Gasteiger partial charge in [0, 0.05) is 17.4 Å². The number of alkyl halides is 3. The minimum absolute atomic E-state index is 0.000278. The van der Waals surface area contributed by atoms with Crippen LogP contribution in [0.15, 0.2) is 79.0 Å². The Balaban J connectivity index is 1.85. The fraction of sp³-hybridized carbons (Fsp3) is 0.0952. The van der Waals surface area contributed by atoms with E-state index in [0.717, 1.165) is 12.1 Å². The van der Waals surface area contributed by atoms with Crippen molar-refractivity contribution in [3.8, 4) is 0 Å². The highest BCUT2D eigenvalue weighted by molar-refractivity contribution is 5.97. The molecule has 0 aliphatic carbocycles. The molecule has 1 heterocycles. The number of nitrogens with zero attached hydrogens (tertiary/aromatic N) is 1. The van der Waals surface area contributed by atoms with Gasteiger partial charge in [0.1, 0.15) is 5.69 Å². The highest BCUT2D eigenvalue weighted by Gasteiger charge is 2.31. The normalized spacial score (nSPS) is 12.1. The van der Waals surface area contributed by atoms with Crippen LogP contribution in [0.2, 0.25) is 0 Å². The maximum Gasteiger partial charge on any atom is 0.416 e. The Labute approximate surface area is 164 Å². The first-order valence-electron chi connectivity index (χ1n) is 8.49. The second kappa shape index (κ2) is 8.55. The Morgan fingerprint density at radius 1 is 0.931 bits per heavy atom. The molecule has 8 heteroatoms. The number of carbonyl (C=O) groups excluding carboxylic acids is 2. The predicted molar refractivity (Wildman–Crippen MR) is 98.9 cm³/mol. The summed E-state index contributed by atoms with van der Waals surface area (Å²) in [6, 6.07) is 17.0. The molecule has 0 saturated carbocycles. The summed E-state index contributed by atoms with van der Waals surface area (Å²) in [6.45, 7) is 0. The molecule has 1 atom stereocenters. The van der Waals surface area contributed by atoms with Gasteiger partial charge in [0.15, 0.2) is 0 Å². The third-order valence-corrected chi connectivity index (χ3v) is 3.90. The Bertz CT molecular complexity index is 993. The lowest BCUT2D eigenvalue weighted by molar-refractivity contribution is -0.137. The van der Waals surface area contributed by atoms with E-state index < -0.39 is 29.7 Å². The largest absolute Gasteiger partial charge is 0.443 e. The third kappa shape index (κ3) is 5.19. The van der Waals surface area contributed by atoms with E-state index >= 15 is 0 Å². The number of anilines is 1. The maximum absolute atomic E-state index is 12.9. The van der Waals surface area contributed by atoms with Crippen molar-refractivity contribution in [3.05, 3.63) is 95.8 Å². The molecule has 2 aromatic carbocycles. The standard InChI is InChI=1S/C21H15F3N2O3/c22-21(23,24)15-9-6-10-16(13-15)26-19(27)18(14-7-2-1-3-8-14)29-20(28)17-11-4-5-12-25-17/h1-13,18H,(H,26,27)/t18-/m0/s1. The zero-order valence-corrected chi connectivity index (χ0v) is 14.9. The summed E-state index contributed by atoms with van der Waals surface area (Å²) < 4.78 is 44.0. The zero-order chi connectivity index (χ0) is 20.9. The second-order valence-corrected chi connectivity index (χ2v) is 5.98. The van der Waals surface area contributed by atoms with Gasteiger partial charge < -0.3 is 10.1 Å². The first-order chi connectivity index (χ1) is 13.8. The maximum atomic E-state index is 12.9. The lowest BCUT2D eigenvalue weighted by Gasteiger charge is -2.18. The molecule has 0 saturated heterocycles. The van der Waals surface area contributed by atoms with Gasteiger partial charge in [0.2, 0.25) is 6.10 Å². The number of hydrogen-bond donors (Lipinski definition) is 1. The van der Waals surface area contributed by atoms with Gasteiger partial charge in [-0.25, -0.2) is 9.78 Å². The van der Waals surface area contributed by atoms with Crippen LogP contribution in [0.25, 0.3) is 0 Å². The summed E-state index contributed by atoms with van der Waals surface area (Å²) in [5, 5.41) is 2.37. The van der Waals surface area contributed by atoms with E-state index in [2.05, 4.69) is 10.3 Å². The number of carbonyl (C=O) groups is 2. The predicted octanol–water partition coefficient (Wildman–Crippen LogP) is 4.64. The number of halogens is 3. The van der Waals surface area contributed by atoms with E-state index in [1.54, 1.807) is 42.5 Å². The number of nitrogens with one attached hydrogen (secondary N) is 1. The molecular formula is C21H15F3N2O3. The molecule has 3 rings (SSSR count). The minimum Gasteiger partial charge on any atom is -0.443 e. The van der Waals surface area contributed by atoms with Crippen molar-refractivity contribution >= 4 is 17.6 Å². The average molecular weight is 400 g/mol. The lowest BCUT2D eigenvalue weighted by atomic mass is 10.1. The molecule has 0 spiro atoms. The molecule has 1 N–H and O–H groups in total. The molecule has 0 fully saturated rings. The fourth-order valence-corrected chi connectivity index (χ4v) is 2.53. The van der Waals surface area contributed by atoms with Crippen LogP contribution in [-0.4, -0.2) is 16.9 Å². The smallest absolute Gasteiger partial charge is 0.416 e. The van der Waals surface area contributed by atoms with Crippen molar-refractivity contribution in [1.29, 1.82) is 0 Å². The van der Waals surface area contributed by atoms with Gasteiger partial charge in [-0.05, 0) is 30.3 Å². The highest BCUT2D eigenvalue weighted by Crippen LogP contribution is 2.31. The van der Waals surface area contributed by atoms with Crippen LogP contribution in [0.1, 0.15) is 27.7 Å². The molecule has 1 amide bonds. The van der Waals surface area contributed by atoms with E-state index in [9.17, 15) is 22.8 Å². The number of esters is 1. The van der Waals surface area contributed by atoms with Gasteiger partial charge in [-0.3, -0.25) is 4.79 Å². The molecule has 3 aromatic rings. The molecule has 0 bridgehead atoms. The molecule has 29 heavy (non-hydrogen) atoms. The summed E-state index contributed by atoms with van der Waals surface area (Å²) in [7, 11) is 0.